The molecule has 0 fully saturated rings. The van der Waals surface area contributed by atoms with Crippen molar-refractivity contribution < 1.29 is 14.4 Å². The van der Waals surface area contributed by atoms with Gasteiger partial charge in [0.05, 0.1) is 6.61 Å². The molecule has 4 N–H and O–H groups in total. The zero-order valence-corrected chi connectivity index (χ0v) is 11.4. The van der Waals surface area contributed by atoms with Gasteiger partial charge in [-0.1, -0.05) is 18.2 Å². The average Bonchev–Trinajstić information content (AvgIpc) is 2.87. The van der Waals surface area contributed by atoms with Gasteiger partial charge >= 0.3 is 7.12 Å². The molecule has 3 rings (SSSR count). The Hall–Kier alpha value is -2.31. The Balaban J connectivity index is 1.68. The number of nitrogens with one attached hydrogen (secondary N) is 1. The molecule has 0 spiro atoms. The van der Waals surface area contributed by atoms with Gasteiger partial charge in [-0.25, -0.2) is 0 Å². The average molecular weight is 282 g/mol. The summed E-state index contributed by atoms with van der Waals surface area (Å²) in [6.07, 6.45) is 0. The van der Waals surface area contributed by atoms with Gasteiger partial charge in [0.25, 0.3) is 0 Å². The molecular formula is C15H15BN2O3. The smallest absolute Gasteiger partial charge is 0.489 e. The summed E-state index contributed by atoms with van der Waals surface area (Å²) in [6, 6.07) is 12.9. The molecule has 0 amide bonds. The van der Waals surface area contributed by atoms with Crippen molar-refractivity contribution in [2.75, 3.05) is 0 Å². The van der Waals surface area contributed by atoms with Gasteiger partial charge in [-0.05, 0) is 40.9 Å². The number of nitrogens with two attached hydrogens (primary N) is 1. The second kappa shape index (κ2) is 5.59. The largest absolute Gasteiger partial charge is 0.491 e. The fourth-order valence-electron chi connectivity index (χ4n) is 2.25. The molecule has 2 aromatic carbocycles. The van der Waals surface area contributed by atoms with Crippen molar-refractivity contribution in [3.8, 4) is 5.75 Å². The maximum atomic E-state index is 9.68. The third kappa shape index (κ3) is 2.91. The number of fused-ring (bicyclic) bond motifs is 1. The van der Waals surface area contributed by atoms with E-state index in [4.69, 9.17) is 20.5 Å². The molecule has 106 valence electrons. The molecule has 1 aliphatic rings. The highest BCUT2D eigenvalue weighted by atomic mass is 16.5. The number of amidine groups is 1. The SMILES string of the molecule is N=C(N)c1ccc(OCc2ccc3c(c2)B(O)OC3)cc1. The van der Waals surface area contributed by atoms with E-state index in [0.717, 1.165) is 16.6 Å². The minimum Gasteiger partial charge on any atom is -0.489 e. The van der Waals surface area contributed by atoms with Crippen molar-refractivity contribution >= 4 is 18.4 Å². The molecule has 1 aliphatic heterocycles. The molecule has 6 heteroatoms. The lowest BCUT2D eigenvalue weighted by Gasteiger charge is -2.08. The molecule has 5 nitrogen and oxygen atoms in total. The lowest BCUT2D eigenvalue weighted by atomic mass is 9.79. The first kappa shape index (κ1) is 13.7. The summed E-state index contributed by atoms with van der Waals surface area (Å²) in [5.74, 6) is 0.742. The number of benzene rings is 2. The van der Waals surface area contributed by atoms with Crippen LogP contribution in [0.1, 0.15) is 16.7 Å². The zero-order chi connectivity index (χ0) is 14.8. The maximum absolute atomic E-state index is 9.68. The molecule has 21 heavy (non-hydrogen) atoms. The normalized spacial score (nSPS) is 13.1. The van der Waals surface area contributed by atoms with Crippen molar-refractivity contribution in [2.45, 2.75) is 13.2 Å². The van der Waals surface area contributed by atoms with Gasteiger partial charge in [-0.2, -0.15) is 0 Å². The number of hydrogen-bond donors (Lipinski definition) is 3. The van der Waals surface area contributed by atoms with E-state index >= 15 is 0 Å². The first-order valence-corrected chi connectivity index (χ1v) is 6.62. The Morgan fingerprint density at radius 3 is 2.76 bits per heavy atom. The van der Waals surface area contributed by atoms with E-state index in [1.54, 1.807) is 24.3 Å². The van der Waals surface area contributed by atoms with Crippen molar-refractivity contribution in [1.82, 2.24) is 0 Å². The first-order chi connectivity index (χ1) is 10.1. The van der Waals surface area contributed by atoms with E-state index in [-0.39, 0.29) is 5.84 Å². The lowest BCUT2D eigenvalue weighted by molar-refractivity contribution is 0.275. The van der Waals surface area contributed by atoms with Crippen LogP contribution in [0, 0.1) is 5.41 Å². The van der Waals surface area contributed by atoms with Crippen molar-refractivity contribution in [1.29, 1.82) is 5.41 Å². The summed E-state index contributed by atoms with van der Waals surface area (Å²) in [6.45, 7) is 0.851. The van der Waals surface area contributed by atoms with E-state index in [2.05, 4.69) is 0 Å². The Bertz CT molecular complexity index is 673. The van der Waals surface area contributed by atoms with Crippen LogP contribution < -0.4 is 15.9 Å². The van der Waals surface area contributed by atoms with Gasteiger partial charge in [0.15, 0.2) is 0 Å². The third-order valence-electron chi connectivity index (χ3n) is 3.44. The van der Waals surface area contributed by atoms with Gasteiger partial charge in [-0.3, -0.25) is 5.41 Å². The van der Waals surface area contributed by atoms with Crippen LogP contribution in [0.5, 0.6) is 5.75 Å². The van der Waals surface area contributed by atoms with Crippen molar-refractivity contribution in [3.63, 3.8) is 0 Å². The fourth-order valence-corrected chi connectivity index (χ4v) is 2.25. The highest BCUT2D eigenvalue weighted by Gasteiger charge is 2.27. The van der Waals surface area contributed by atoms with Crippen LogP contribution in [0.4, 0.5) is 0 Å². The zero-order valence-electron chi connectivity index (χ0n) is 11.4. The summed E-state index contributed by atoms with van der Waals surface area (Å²) < 4.78 is 10.8. The quantitative estimate of drug-likeness (QED) is 0.439. The van der Waals surface area contributed by atoms with Gasteiger partial charge in [0.1, 0.15) is 18.2 Å². The molecule has 0 saturated carbocycles. The van der Waals surface area contributed by atoms with Gasteiger partial charge < -0.3 is 20.1 Å². The van der Waals surface area contributed by atoms with Crippen LogP contribution in [0.2, 0.25) is 0 Å². The molecular weight excluding hydrogens is 267 g/mol. The van der Waals surface area contributed by atoms with Crippen LogP contribution in [-0.2, 0) is 17.9 Å². The maximum Gasteiger partial charge on any atom is 0.491 e. The molecule has 1 heterocycles. The van der Waals surface area contributed by atoms with E-state index in [9.17, 15) is 5.02 Å². The lowest BCUT2D eigenvalue weighted by Crippen LogP contribution is -2.28. The van der Waals surface area contributed by atoms with Gasteiger partial charge in [0, 0.05) is 5.56 Å². The monoisotopic (exact) mass is 282 g/mol. The minimum atomic E-state index is -0.838. The molecule has 2 aromatic rings. The van der Waals surface area contributed by atoms with Crippen molar-refractivity contribution in [3.05, 3.63) is 59.2 Å². The standard InChI is InChI=1S/C15H15BN2O3/c17-15(18)11-3-5-13(6-4-11)20-8-10-1-2-12-9-21-16(19)14(12)7-10/h1-7,19H,8-9H2,(H3,17,18). The molecule has 0 unspecified atom stereocenters. The summed E-state index contributed by atoms with van der Waals surface area (Å²) in [4.78, 5) is 0. The summed E-state index contributed by atoms with van der Waals surface area (Å²) >= 11 is 0. The summed E-state index contributed by atoms with van der Waals surface area (Å²) in [5, 5.41) is 17.0. The predicted octanol–water partition coefficient (Wildman–Crippen LogP) is 0.767. The highest BCUT2D eigenvalue weighted by Crippen LogP contribution is 2.16. The van der Waals surface area contributed by atoms with Gasteiger partial charge in [-0.15, -0.1) is 0 Å². The van der Waals surface area contributed by atoms with E-state index in [1.807, 2.05) is 18.2 Å². The summed E-state index contributed by atoms with van der Waals surface area (Å²) in [5.41, 5.74) is 8.85. The third-order valence-corrected chi connectivity index (χ3v) is 3.44. The minimum absolute atomic E-state index is 0.0363. The van der Waals surface area contributed by atoms with Crippen LogP contribution in [0.15, 0.2) is 42.5 Å². The molecule has 0 aliphatic carbocycles. The molecule has 0 radical (unpaired) electrons. The van der Waals surface area contributed by atoms with E-state index in [1.165, 1.54) is 0 Å². The second-order valence-corrected chi connectivity index (χ2v) is 4.92. The number of ether oxygens (including phenoxy) is 1. The van der Waals surface area contributed by atoms with Crippen molar-refractivity contribution in [2.24, 2.45) is 5.73 Å². The topological polar surface area (TPSA) is 88.6 Å². The Morgan fingerprint density at radius 1 is 1.29 bits per heavy atom. The van der Waals surface area contributed by atoms with Crippen LogP contribution in [-0.4, -0.2) is 18.0 Å². The fraction of sp³-hybridized carbons (Fsp3) is 0.133. The second-order valence-electron chi connectivity index (χ2n) is 4.92. The number of nitrogen functional groups attached to an aromatic ring is 1. The van der Waals surface area contributed by atoms with E-state index in [0.29, 0.717) is 24.5 Å². The Morgan fingerprint density at radius 2 is 2.05 bits per heavy atom. The highest BCUT2D eigenvalue weighted by molar-refractivity contribution is 6.61. The van der Waals surface area contributed by atoms with E-state index < -0.39 is 7.12 Å². The number of rotatable bonds is 4. The number of hydrogen-bond acceptors (Lipinski definition) is 4. The first-order valence-electron chi connectivity index (χ1n) is 6.62. The van der Waals surface area contributed by atoms with Gasteiger partial charge in [0.2, 0.25) is 0 Å². The molecule has 0 bridgehead atoms. The molecule has 0 atom stereocenters. The molecule has 0 aromatic heterocycles. The Kier molecular flexibility index (Phi) is 3.64. The molecule has 0 saturated heterocycles. The van der Waals surface area contributed by atoms with Crippen LogP contribution in [0.3, 0.4) is 0 Å². The Labute approximate surface area is 123 Å². The summed E-state index contributed by atoms with van der Waals surface area (Å²) in [7, 11) is -0.838. The van der Waals surface area contributed by atoms with Crippen LogP contribution >= 0.6 is 0 Å². The van der Waals surface area contributed by atoms with Crippen LogP contribution in [0.25, 0.3) is 0 Å². The predicted molar refractivity (Wildman–Crippen MR) is 80.6 cm³/mol.